The van der Waals surface area contributed by atoms with Crippen LogP contribution in [-0.4, -0.2) is 40.7 Å². The summed E-state index contributed by atoms with van der Waals surface area (Å²) < 4.78 is 0. The largest absolute Gasteiger partial charge is 0.394 e. The monoisotopic (exact) mass is 204 g/mol. The lowest BCUT2D eigenvalue weighted by Gasteiger charge is -2.14. The van der Waals surface area contributed by atoms with Crippen LogP contribution in [0.3, 0.4) is 0 Å². The fourth-order valence-corrected chi connectivity index (χ4v) is 1.69. The van der Waals surface area contributed by atoms with Crippen molar-refractivity contribution >= 4 is 22.9 Å². The molecule has 0 saturated carbocycles. The third-order valence-corrected chi connectivity index (χ3v) is 2.53. The second kappa shape index (κ2) is 4.48. The molecule has 74 valence electrons. The number of carbonyl (C=O) groups excluding carboxylic acids is 2. The number of nitrogens with one attached hydrogen (secondary N) is 2. The fraction of sp³-hybridized carbons (Fsp3) is 0.714. The summed E-state index contributed by atoms with van der Waals surface area (Å²) in [5, 5.41) is 13.6. The Labute approximate surface area is 80.3 Å². The average molecular weight is 204 g/mol. The zero-order chi connectivity index (χ0) is 9.84. The molecule has 1 rings (SSSR count). The number of thioether (sulfide) groups is 1. The lowest BCUT2D eigenvalue weighted by Crippen LogP contribution is -2.47. The van der Waals surface area contributed by atoms with Crippen LogP contribution in [0.2, 0.25) is 0 Å². The average Bonchev–Trinajstić information content (AvgIpc) is 2.51. The molecular weight excluding hydrogens is 192 g/mol. The van der Waals surface area contributed by atoms with E-state index in [1.165, 1.54) is 0 Å². The number of amides is 2. The molecule has 1 aliphatic rings. The third-order valence-electron chi connectivity index (χ3n) is 1.65. The summed E-state index contributed by atoms with van der Waals surface area (Å²) in [6.07, 6.45) is 0. The predicted molar refractivity (Wildman–Crippen MR) is 49.5 cm³/mol. The third kappa shape index (κ3) is 2.89. The Morgan fingerprint density at radius 2 is 2.62 bits per heavy atom. The van der Waals surface area contributed by atoms with Gasteiger partial charge in [-0.2, -0.15) is 0 Å². The molecular formula is C7H12N2O3S. The van der Waals surface area contributed by atoms with Gasteiger partial charge in [-0.3, -0.25) is 9.59 Å². The van der Waals surface area contributed by atoms with Gasteiger partial charge < -0.3 is 15.7 Å². The highest BCUT2D eigenvalue weighted by atomic mass is 32.2. The molecule has 0 aromatic carbocycles. The Balaban J connectivity index is 2.35. The van der Waals surface area contributed by atoms with E-state index in [0.717, 1.165) is 11.8 Å². The van der Waals surface area contributed by atoms with E-state index in [9.17, 15) is 9.59 Å². The van der Waals surface area contributed by atoms with Crippen LogP contribution in [0.15, 0.2) is 0 Å². The van der Waals surface area contributed by atoms with E-state index < -0.39 is 6.04 Å². The molecule has 0 radical (unpaired) electrons. The predicted octanol–water partition coefficient (Wildman–Crippen LogP) is -0.692. The molecule has 3 N–H and O–H groups in total. The van der Waals surface area contributed by atoms with Crippen LogP contribution in [0.5, 0.6) is 0 Å². The quantitative estimate of drug-likeness (QED) is 0.568. The van der Waals surface area contributed by atoms with Crippen molar-refractivity contribution < 1.29 is 14.7 Å². The van der Waals surface area contributed by atoms with Crippen molar-refractivity contribution in [3.63, 3.8) is 0 Å². The van der Waals surface area contributed by atoms with Crippen LogP contribution in [0.4, 0.5) is 4.79 Å². The van der Waals surface area contributed by atoms with Gasteiger partial charge in [0, 0.05) is 11.8 Å². The van der Waals surface area contributed by atoms with Crippen LogP contribution in [0, 0.1) is 0 Å². The number of hydrogen-bond donors (Lipinski definition) is 3. The Morgan fingerprint density at radius 1 is 1.92 bits per heavy atom. The molecule has 6 heteroatoms. The Bertz CT molecular complexity index is 222. The van der Waals surface area contributed by atoms with Crippen LogP contribution in [0.1, 0.15) is 6.92 Å². The van der Waals surface area contributed by atoms with Crippen molar-refractivity contribution in [2.24, 2.45) is 0 Å². The van der Waals surface area contributed by atoms with Gasteiger partial charge in [-0.25, -0.2) is 0 Å². The van der Waals surface area contributed by atoms with E-state index in [1.54, 1.807) is 6.92 Å². The van der Waals surface area contributed by atoms with Crippen molar-refractivity contribution in [3.8, 4) is 0 Å². The molecule has 1 heterocycles. The van der Waals surface area contributed by atoms with Gasteiger partial charge in [0.2, 0.25) is 5.91 Å². The molecule has 0 bridgehead atoms. The fourth-order valence-electron chi connectivity index (χ4n) is 0.915. The van der Waals surface area contributed by atoms with Crippen LogP contribution in [-0.2, 0) is 4.79 Å². The molecule has 1 fully saturated rings. The second-order valence-corrected chi connectivity index (χ2v) is 3.88. The summed E-state index contributed by atoms with van der Waals surface area (Å²) in [6, 6.07) is -0.721. The van der Waals surface area contributed by atoms with Crippen LogP contribution >= 0.6 is 11.8 Å². The molecule has 1 saturated heterocycles. The zero-order valence-corrected chi connectivity index (χ0v) is 8.06. The van der Waals surface area contributed by atoms with Crippen LogP contribution in [0.25, 0.3) is 0 Å². The molecule has 0 unspecified atom stereocenters. The van der Waals surface area contributed by atoms with Gasteiger partial charge >= 0.3 is 0 Å². The van der Waals surface area contributed by atoms with E-state index in [0.29, 0.717) is 5.75 Å². The number of rotatable bonds is 3. The van der Waals surface area contributed by atoms with Gasteiger partial charge in [-0.1, -0.05) is 11.8 Å². The van der Waals surface area contributed by atoms with Gasteiger partial charge in [0.1, 0.15) is 6.04 Å². The van der Waals surface area contributed by atoms with E-state index in [4.69, 9.17) is 5.11 Å². The topological polar surface area (TPSA) is 78.4 Å². The summed E-state index contributed by atoms with van der Waals surface area (Å²) >= 11 is 1.10. The van der Waals surface area contributed by atoms with Gasteiger partial charge in [0.25, 0.3) is 5.24 Å². The van der Waals surface area contributed by atoms with E-state index in [1.807, 2.05) is 0 Å². The molecule has 13 heavy (non-hydrogen) atoms. The highest BCUT2D eigenvalue weighted by Gasteiger charge is 2.28. The standard InChI is InChI=1S/C7H12N2O3S/c1-4(2-10)8-6(11)5-3-13-7(12)9-5/h4-5,10H,2-3H2,1H3,(H,8,11)(H,9,12)/t4-,5-/m0/s1. The summed E-state index contributed by atoms with van der Waals surface area (Å²) in [4.78, 5) is 22.0. The highest BCUT2D eigenvalue weighted by molar-refractivity contribution is 8.14. The molecule has 2 amide bonds. The first-order chi connectivity index (χ1) is 6.13. The van der Waals surface area contributed by atoms with Crippen molar-refractivity contribution in [1.82, 2.24) is 10.6 Å². The normalized spacial score (nSPS) is 23.8. The first kappa shape index (κ1) is 10.3. The summed E-state index contributed by atoms with van der Waals surface area (Å²) in [6.45, 7) is 1.60. The number of hydrogen-bond acceptors (Lipinski definition) is 4. The van der Waals surface area contributed by atoms with Gasteiger partial charge in [-0.05, 0) is 6.92 Å². The SMILES string of the molecule is C[C@@H](CO)NC(=O)[C@@H]1CSC(=O)N1. The van der Waals surface area contributed by atoms with Gasteiger partial charge in [-0.15, -0.1) is 0 Å². The van der Waals surface area contributed by atoms with Crippen molar-refractivity contribution in [2.45, 2.75) is 19.0 Å². The Kier molecular flexibility index (Phi) is 3.56. The maximum Gasteiger partial charge on any atom is 0.279 e. The molecule has 2 atom stereocenters. The molecule has 5 nitrogen and oxygen atoms in total. The Hall–Kier alpha value is -0.750. The molecule has 0 aromatic heterocycles. The van der Waals surface area contributed by atoms with Crippen molar-refractivity contribution in [3.05, 3.63) is 0 Å². The summed E-state index contributed by atoms with van der Waals surface area (Å²) in [5.41, 5.74) is 0. The number of aliphatic hydroxyl groups excluding tert-OH is 1. The Morgan fingerprint density at radius 3 is 3.08 bits per heavy atom. The van der Waals surface area contributed by atoms with Crippen LogP contribution < -0.4 is 10.6 Å². The molecule has 0 aromatic rings. The number of carbonyl (C=O) groups is 2. The summed E-state index contributed by atoms with van der Waals surface area (Å²) in [7, 11) is 0. The molecule has 1 aliphatic heterocycles. The van der Waals surface area contributed by atoms with E-state index in [2.05, 4.69) is 10.6 Å². The van der Waals surface area contributed by atoms with Crippen molar-refractivity contribution in [1.29, 1.82) is 0 Å². The van der Waals surface area contributed by atoms with E-state index in [-0.39, 0.29) is 23.8 Å². The van der Waals surface area contributed by atoms with Gasteiger partial charge in [0.05, 0.1) is 6.61 Å². The first-order valence-corrected chi connectivity index (χ1v) is 4.96. The lowest BCUT2D eigenvalue weighted by molar-refractivity contribution is -0.123. The highest BCUT2D eigenvalue weighted by Crippen LogP contribution is 2.12. The maximum absolute atomic E-state index is 11.3. The van der Waals surface area contributed by atoms with Crippen molar-refractivity contribution in [2.75, 3.05) is 12.4 Å². The smallest absolute Gasteiger partial charge is 0.279 e. The lowest BCUT2D eigenvalue weighted by atomic mass is 10.3. The minimum atomic E-state index is -0.452. The summed E-state index contributed by atoms with van der Waals surface area (Å²) in [5.74, 6) is 0.225. The van der Waals surface area contributed by atoms with Gasteiger partial charge in [0.15, 0.2) is 0 Å². The second-order valence-electron chi connectivity index (χ2n) is 2.89. The first-order valence-electron chi connectivity index (χ1n) is 3.98. The minimum Gasteiger partial charge on any atom is -0.394 e. The zero-order valence-electron chi connectivity index (χ0n) is 7.24. The maximum atomic E-state index is 11.3. The van der Waals surface area contributed by atoms with E-state index >= 15 is 0 Å². The molecule has 0 spiro atoms. The number of aliphatic hydroxyl groups is 1. The molecule has 0 aliphatic carbocycles. The minimum absolute atomic E-state index is 0.0977.